The molecule has 0 bridgehead atoms. The van der Waals surface area contributed by atoms with E-state index in [4.69, 9.17) is 0 Å². The molecule has 1 aliphatic carbocycles. The number of carbonyl (C=O) groups excluding carboxylic acids is 1. The average molecular weight is 404 g/mol. The highest BCUT2D eigenvalue weighted by Gasteiger charge is 2.17. The van der Waals surface area contributed by atoms with Gasteiger partial charge in [0.25, 0.3) is 0 Å². The van der Waals surface area contributed by atoms with Crippen LogP contribution >= 0.6 is 11.8 Å². The molecule has 0 aliphatic heterocycles. The SMILES string of the molecule is CC(C)S(=O)(=O)Cc1cccc(NC(=O)CSc2ccc3c(c2)CCC3)c1. The smallest absolute Gasteiger partial charge is 0.234 e. The number of anilines is 1. The second kappa shape index (κ2) is 8.48. The standard InChI is InChI=1S/C21H25NO3S2/c1-15(2)27(24,25)14-16-5-3-8-19(11-16)22-21(23)13-26-20-10-9-17-6-4-7-18(17)12-20/h3,5,8-12,15H,4,6-7,13-14H2,1-2H3,(H,22,23). The minimum absolute atomic E-state index is 0.0156. The van der Waals surface area contributed by atoms with Gasteiger partial charge in [0.05, 0.1) is 16.8 Å². The van der Waals surface area contributed by atoms with Crippen molar-refractivity contribution in [2.75, 3.05) is 11.1 Å². The highest BCUT2D eigenvalue weighted by atomic mass is 32.2. The van der Waals surface area contributed by atoms with Crippen molar-refractivity contribution in [2.45, 2.75) is 49.0 Å². The molecule has 1 N–H and O–H groups in total. The minimum atomic E-state index is -3.16. The number of hydrogen-bond acceptors (Lipinski definition) is 4. The van der Waals surface area contributed by atoms with E-state index in [2.05, 4.69) is 23.5 Å². The molecule has 6 heteroatoms. The Bertz CT molecular complexity index is 936. The quantitative estimate of drug-likeness (QED) is 0.703. The van der Waals surface area contributed by atoms with Crippen LogP contribution in [0.4, 0.5) is 5.69 Å². The van der Waals surface area contributed by atoms with E-state index in [-0.39, 0.29) is 11.7 Å². The van der Waals surface area contributed by atoms with E-state index in [1.165, 1.54) is 29.3 Å². The number of carbonyl (C=O) groups is 1. The van der Waals surface area contributed by atoms with Gasteiger partial charge in [0.1, 0.15) is 0 Å². The van der Waals surface area contributed by atoms with Crippen LogP contribution in [0.1, 0.15) is 37.0 Å². The highest BCUT2D eigenvalue weighted by Crippen LogP contribution is 2.27. The number of amides is 1. The summed E-state index contributed by atoms with van der Waals surface area (Å²) < 4.78 is 24.2. The Labute approximate surface area is 165 Å². The van der Waals surface area contributed by atoms with Crippen molar-refractivity contribution in [1.82, 2.24) is 0 Å². The number of benzene rings is 2. The van der Waals surface area contributed by atoms with Crippen LogP contribution in [-0.4, -0.2) is 25.3 Å². The summed E-state index contributed by atoms with van der Waals surface area (Å²) in [5, 5.41) is 2.45. The van der Waals surface area contributed by atoms with E-state index in [9.17, 15) is 13.2 Å². The highest BCUT2D eigenvalue weighted by molar-refractivity contribution is 8.00. The second-order valence-corrected chi connectivity index (χ2v) is 10.8. The molecule has 1 aliphatic rings. The van der Waals surface area contributed by atoms with E-state index in [0.29, 0.717) is 17.0 Å². The molecule has 0 saturated heterocycles. The third-order valence-electron chi connectivity index (χ3n) is 4.74. The number of aryl methyl sites for hydroxylation is 2. The fraction of sp³-hybridized carbons (Fsp3) is 0.381. The van der Waals surface area contributed by atoms with Crippen LogP contribution < -0.4 is 5.32 Å². The zero-order valence-corrected chi connectivity index (χ0v) is 17.3. The predicted octanol–water partition coefficient (Wildman–Crippen LogP) is 4.23. The lowest BCUT2D eigenvalue weighted by molar-refractivity contribution is -0.113. The first kappa shape index (κ1) is 20.0. The summed E-state index contributed by atoms with van der Waals surface area (Å²) in [5.74, 6) is 0.218. The van der Waals surface area contributed by atoms with Gasteiger partial charge in [-0.25, -0.2) is 8.42 Å². The Morgan fingerprint density at radius 1 is 1.11 bits per heavy atom. The van der Waals surface area contributed by atoms with Crippen molar-refractivity contribution in [3.63, 3.8) is 0 Å². The lowest BCUT2D eigenvalue weighted by Crippen LogP contribution is -2.17. The van der Waals surface area contributed by atoms with Crippen molar-refractivity contribution in [1.29, 1.82) is 0 Å². The maximum absolute atomic E-state index is 12.3. The summed E-state index contributed by atoms with van der Waals surface area (Å²) in [4.78, 5) is 13.4. The molecule has 0 fully saturated rings. The predicted molar refractivity (Wildman–Crippen MR) is 112 cm³/mol. The third kappa shape index (κ3) is 5.36. The monoisotopic (exact) mass is 403 g/mol. The molecule has 2 aromatic carbocycles. The van der Waals surface area contributed by atoms with Crippen LogP contribution in [0.15, 0.2) is 47.4 Å². The van der Waals surface area contributed by atoms with Gasteiger partial charge in [0.15, 0.2) is 9.84 Å². The number of sulfone groups is 1. The van der Waals surface area contributed by atoms with E-state index in [1.54, 1.807) is 38.1 Å². The fourth-order valence-corrected chi connectivity index (χ4v) is 4.86. The van der Waals surface area contributed by atoms with Crippen LogP contribution in [0, 0.1) is 0 Å². The molecule has 0 radical (unpaired) electrons. The summed E-state index contributed by atoms with van der Waals surface area (Å²) >= 11 is 1.52. The summed E-state index contributed by atoms with van der Waals surface area (Å²) in [5.41, 5.74) is 4.15. The van der Waals surface area contributed by atoms with E-state index in [0.717, 1.165) is 17.7 Å². The van der Waals surface area contributed by atoms with E-state index >= 15 is 0 Å². The van der Waals surface area contributed by atoms with Crippen molar-refractivity contribution in [2.24, 2.45) is 0 Å². The first-order chi connectivity index (χ1) is 12.8. The lowest BCUT2D eigenvalue weighted by Gasteiger charge is -2.10. The number of thioether (sulfide) groups is 1. The van der Waals surface area contributed by atoms with Gasteiger partial charge in [0.2, 0.25) is 5.91 Å². The van der Waals surface area contributed by atoms with Crippen LogP contribution in [0.3, 0.4) is 0 Å². The maximum Gasteiger partial charge on any atom is 0.234 e. The van der Waals surface area contributed by atoms with Gasteiger partial charge < -0.3 is 5.32 Å². The zero-order chi connectivity index (χ0) is 19.4. The number of nitrogens with one attached hydrogen (secondary N) is 1. The molecular formula is C21H25NO3S2. The van der Waals surface area contributed by atoms with Crippen LogP contribution in [0.5, 0.6) is 0 Å². The first-order valence-electron chi connectivity index (χ1n) is 9.18. The fourth-order valence-electron chi connectivity index (χ4n) is 3.12. The molecule has 3 rings (SSSR count). The van der Waals surface area contributed by atoms with Crippen LogP contribution in [-0.2, 0) is 33.2 Å². The molecular weight excluding hydrogens is 378 g/mol. The Hall–Kier alpha value is -1.79. The van der Waals surface area contributed by atoms with Gasteiger partial charge in [-0.15, -0.1) is 11.8 Å². The average Bonchev–Trinajstić information content (AvgIpc) is 3.07. The molecule has 0 heterocycles. The van der Waals surface area contributed by atoms with Crippen molar-refractivity contribution in [3.05, 3.63) is 59.2 Å². The molecule has 2 aromatic rings. The minimum Gasteiger partial charge on any atom is -0.325 e. The second-order valence-electron chi connectivity index (χ2n) is 7.18. The maximum atomic E-state index is 12.3. The Morgan fingerprint density at radius 2 is 1.89 bits per heavy atom. The van der Waals surface area contributed by atoms with Gasteiger partial charge in [-0.3, -0.25) is 4.79 Å². The Balaban J connectivity index is 1.57. The van der Waals surface area contributed by atoms with Crippen LogP contribution in [0.25, 0.3) is 0 Å². The summed E-state index contributed by atoms with van der Waals surface area (Å²) in [6.45, 7) is 3.36. The zero-order valence-electron chi connectivity index (χ0n) is 15.7. The first-order valence-corrected chi connectivity index (χ1v) is 11.9. The Kier molecular flexibility index (Phi) is 6.27. The molecule has 4 nitrogen and oxygen atoms in total. The van der Waals surface area contributed by atoms with Crippen molar-refractivity contribution < 1.29 is 13.2 Å². The Morgan fingerprint density at radius 3 is 2.67 bits per heavy atom. The topological polar surface area (TPSA) is 63.2 Å². The third-order valence-corrected chi connectivity index (χ3v) is 7.90. The lowest BCUT2D eigenvalue weighted by atomic mass is 10.1. The number of hydrogen-bond donors (Lipinski definition) is 1. The largest absolute Gasteiger partial charge is 0.325 e. The molecule has 0 atom stereocenters. The molecule has 0 aromatic heterocycles. The summed E-state index contributed by atoms with van der Waals surface area (Å²) in [7, 11) is -3.16. The van der Waals surface area contributed by atoms with Crippen molar-refractivity contribution >= 4 is 33.2 Å². The number of fused-ring (bicyclic) bond motifs is 1. The van der Waals surface area contributed by atoms with E-state index in [1.807, 2.05) is 0 Å². The van der Waals surface area contributed by atoms with Gasteiger partial charge in [-0.05, 0) is 74.1 Å². The summed E-state index contributed by atoms with van der Waals surface area (Å²) in [6.07, 6.45) is 3.50. The normalized spacial score (nSPS) is 13.6. The van der Waals surface area contributed by atoms with Gasteiger partial charge in [-0.1, -0.05) is 18.2 Å². The molecule has 0 spiro atoms. The van der Waals surface area contributed by atoms with Crippen LogP contribution in [0.2, 0.25) is 0 Å². The molecule has 0 unspecified atom stereocenters. The molecule has 144 valence electrons. The van der Waals surface area contributed by atoms with E-state index < -0.39 is 15.1 Å². The molecule has 27 heavy (non-hydrogen) atoms. The summed E-state index contributed by atoms with van der Waals surface area (Å²) in [6, 6.07) is 13.5. The molecule has 1 amide bonds. The van der Waals surface area contributed by atoms with Gasteiger partial charge in [0, 0.05) is 10.6 Å². The van der Waals surface area contributed by atoms with Gasteiger partial charge in [-0.2, -0.15) is 0 Å². The van der Waals surface area contributed by atoms with Crippen molar-refractivity contribution in [3.8, 4) is 0 Å². The molecule has 0 saturated carbocycles. The van der Waals surface area contributed by atoms with Gasteiger partial charge >= 0.3 is 0 Å². The number of rotatable bonds is 7.